The predicted molar refractivity (Wildman–Crippen MR) is 78.8 cm³/mol. The van der Waals surface area contributed by atoms with Crippen molar-refractivity contribution in [3.63, 3.8) is 0 Å². The second-order valence-electron chi connectivity index (χ2n) is 5.83. The van der Waals surface area contributed by atoms with E-state index in [-0.39, 0.29) is 11.4 Å². The Morgan fingerprint density at radius 3 is 2.70 bits per heavy atom. The van der Waals surface area contributed by atoms with Crippen molar-refractivity contribution < 1.29 is 9.53 Å². The number of carbonyl (C=O) groups is 1. The fraction of sp³-hybridized carbons (Fsp3) is 0.471. The number of nitrogens with two attached hydrogens (primary N) is 1. The van der Waals surface area contributed by atoms with Crippen LogP contribution in [0.1, 0.15) is 43.7 Å². The summed E-state index contributed by atoms with van der Waals surface area (Å²) in [4.78, 5) is 12.4. The van der Waals surface area contributed by atoms with E-state index in [1.807, 2.05) is 25.1 Å². The zero-order valence-corrected chi connectivity index (χ0v) is 11.9. The van der Waals surface area contributed by atoms with Gasteiger partial charge in [0.2, 0.25) is 0 Å². The van der Waals surface area contributed by atoms with Crippen molar-refractivity contribution in [2.45, 2.75) is 39.0 Å². The summed E-state index contributed by atoms with van der Waals surface area (Å²) < 4.78 is 5.28. The van der Waals surface area contributed by atoms with Crippen LogP contribution in [-0.4, -0.2) is 12.6 Å². The average molecular weight is 271 g/mol. The molecule has 0 heterocycles. The maximum Gasteiger partial charge on any atom is 0.336 e. The Balaban J connectivity index is 2.14. The summed E-state index contributed by atoms with van der Waals surface area (Å²) in [6.45, 7) is 2.24. The van der Waals surface area contributed by atoms with Gasteiger partial charge in [0.15, 0.2) is 0 Å². The fourth-order valence-electron chi connectivity index (χ4n) is 3.82. The molecule has 0 bridgehead atoms. The molecule has 1 spiro atoms. The molecule has 0 aliphatic heterocycles. The SMILES string of the molecule is CCOC(=O)C1=C(N)c2ccccc2CC12CCCC2. The van der Waals surface area contributed by atoms with Crippen LogP contribution in [-0.2, 0) is 16.0 Å². The van der Waals surface area contributed by atoms with Gasteiger partial charge in [-0.15, -0.1) is 0 Å². The summed E-state index contributed by atoms with van der Waals surface area (Å²) >= 11 is 0. The predicted octanol–water partition coefficient (Wildman–Crippen LogP) is 3.04. The highest BCUT2D eigenvalue weighted by molar-refractivity contribution is 6.00. The van der Waals surface area contributed by atoms with E-state index in [2.05, 4.69) is 6.07 Å². The summed E-state index contributed by atoms with van der Waals surface area (Å²) in [5, 5.41) is 0. The van der Waals surface area contributed by atoms with Gasteiger partial charge < -0.3 is 10.5 Å². The monoisotopic (exact) mass is 271 g/mol. The van der Waals surface area contributed by atoms with Gasteiger partial charge in [-0.05, 0) is 31.7 Å². The van der Waals surface area contributed by atoms with Crippen LogP contribution in [0.25, 0.3) is 5.70 Å². The van der Waals surface area contributed by atoms with Crippen molar-refractivity contribution in [2.24, 2.45) is 11.1 Å². The van der Waals surface area contributed by atoms with Crippen LogP contribution in [0.5, 0.6) is 0 Å². The van der Waals surface area contributed by atoms with Gasteiger partial charge in [-0.1, -0.05) is 37.1 Å². The Kier molecular flexibility index (Phi) is 3.28. The Labute approximate surface area is 119 Å². The van der Waals surface area contributed by atoms with Gasteiger partial charge in [0, 0.05) is 11.0 Å². The second kappa shape index (κ2) is 4.97. The first-order valence-corrected chi connectivity index (χ1v) is 7.43. The van der Waals surface area contributed by atoms with Crippen molar-refractivity contribution in [3.8, 4) is 0 Å². The molecule has 0 aromatic heterocycles. The molecule has 1 saturated carbocycles. The zero-order valence-electron chi connectivity index (χ0n) is 11.9. The lowest BCUT2D eigenvalue weighted by Crippen LogP contribution is -2.34. The molecule has 0 radical (unpaired) electrons. The van der Waals surface area contributed by atoms with Crippen LogP contribution >= 0.6 is 0 Å². The van der Waals surface area contributed by atoms with E-state index < -0.39 is 0 Å². The normalized spacial score (nSPS) is 20.1. The molecule has 3 heteroatoms. The molecule has 20 heavy (non-hydrogen) atoms. The molecule has 2 aliphatic rings. The third-order valence-corrected chi connectivity index (χ3v) is 4.68. The van der Waals surface area contributed by atoms with Crippen LogP contribution in [0, 0.1) is 5.41 Å². The largest absolute Gasteiger partial charge is 0.463 e. The Bertz CT molecular complexity index is 568. The molecule has 0 amide bonds. The molecule has 0 atom stereocenters. The maximum atomic E-state index is 12.4. The molecular weight excluding hydrogens is 250 g/mol. The minimum absolute atomic E-state index is 0.0926. The molecule has 0 saturated heterocycles. The first kappa shape index (κ1) is 13.2. The number of rotatable bonds is 2. The molecule has 1 aromatic rings. The van der Waals surface area contributed by atoms with Crippen LogP contribution in [0.3, 0.4) is 0 Å². The zero-order chi connectivity index (χ0) is 14.2. The quantitative estimate of drug-likeness (QED) is 0.841. The van der Waals surface area contributed by atoms with Gasteiger partial charge in [-0.3, -0.25) is 0 Å². The average Bonchev–Trinajstić information content (AvgIpc) is 2.88. The standard InChI is InChI=1S/C17H21NO2/c1-2-20-16(19)14-15(18)13-8-4-3-7-12(13)11-17(14)9-5-6-10-17/h3-4,7-8H,2,5-6,9-11,18H2,1H3. The lowest BCUT2D eigenvalue weighted by molar-refractivity contribution is -0.139. The first-order valence-electron chi connectivity index (χ1n) is 7.43. The summed E-state index contributed by atoms with van der Waals surface area (Å²) in [5.41, 5.74) is 9.90. The highest BCUT2D eigenvalue weighted by Crippen LogP contribution is 2.51. The van der Waals surface area contributed by atoms with Crippen molar-refractivity contribution in [2.75, 3.05) is 6.61 Å². The number of fused-ring (bicyclic) bond motifs is 1. The topological polar surface area (TPSA) is 52.3 Å². The van der Waals surface area contributed by atoms with E-state index in [4.69, 9.17) is 10.5 Å². The minimum Gasteiger partial charge on any atom is -0.463 e. The van der Waals surface area contributed by atoms with Crippen molar-refractivity contribution in [3.05, 3.63) is 41.0 Å². The number of esters is 1. The van der Waals surface area contributed by atoms with Crippen LogP contribution in [0.15, 0.2) is 29.8 Å². The number of hydrogen-bond donors (Lipinski definition) is 1. The van der Waals surface area contributed by atoms with Crippen molar-refractivity contribution in [1.82, 2.24) is 0 Å². The van der Waals surface area contributed by atoms with E-state index >= 15 is 0 Å². The highest BCUT2D eigenvalue weighted by Gasteiger charge is 2.45. The van der Waals surface area contributed by atoms with Gasteiger partial charge in [0.05, 0.1) is 17.9 Å². The van der Waals surface area contributed by atoms with E-state index in [0.29, 0.717) is 12.3 Å². The summed E-state index contributed by atoms with van der Waals surface area (Å²) in [7, 11) is 0. The van der Waals surface area contributed by atoms with Gasteiger partial charge >= 0.3 is 5.97 Å². The smallest absolute Gasteiger partial charge is 0.336 e. The lowest BCUT2D eigenvalue weighted by atomic mass is 9.68. The van der Waals surface area contributed by atoms with Crippen LogP contribution in [0.4, 0.5) is 0 Å². The number of ether oxygens (including phenoxy) is 1. The van der Waals surface area contributed by atoms with Gasteiger partial charge in [-0.25, -0.2) is 4.79 Å². The molecule has 2 aliphatic carbocycles. The van der Waals surface area contributed by atoms with E-state index in [1.165, 1.54) is 18.4 Å². The molecule has 3 rings (SSSR count). The van der Waals surface area contributed by atoms with E-state index in [1.54, 1.807) is 0 Å². The Hall–Kier alpha value is -1.77. The number of hydrogen-bond acceptors (Lipinski definition) is 3. The van der Waals surface area contributed by atoms with Crippen LogP contribution < -0.4 is 5.73 Å². The molecule has 106 valence electrons. The Morgan fingerprint density at radius 2 is 2.00 bits per heavy atom. The highest BCUT2D eigenvalue weighted by atomic mass is 16.5. The third kappa shape index (κ3) is 1.92. The first-order chi connectivity index (χ1) is 9.68. The second-order valence-corrected chi connectivity index (χ2v) is 5.83. The Morgan fingerprint density at radius 1 is 1.30 bits per heavy atom. The molecule has 0 unspecified atom stereocenters. The van der Waals surface area contributed by atoms with Crippen molar-refractivity contribution in [1.29, 1.82) is 0 Å². The van der Waals surface area contributed by atoms with Crippen molar-refractivity contribution >= 4 is 11.7 Å². The molecule has 2 N–H and O–H groups in total. The van der Waals surface area contributed by atoms with Gasteiger partial charge in [0.25, 0.3) is 0 Å². The summed E-state index contributed by atoms with van der Waals surface area (Å²) in [5.74, 6) is -0.221. The lowest BCUT2D eigenvalue weighted by Gasteiger charge is -2.36. The summed E-state index contributed by atoms with van der Waals surface area (Å²) in [6, 6.07) is 8.15. The molecule has 1 fully saturated rings. The third-order valence-electron chi connectivity index (χ3n) is 4.68. The number of benzene rings is 1. The fourth-order valence-corrected chi connectivity index (χ4v) is 3.82. The maximum absolute atomic E-state index is 12.4. The molecular formula is C17H21NO2. The summed E-state index contributed by atoms with van der Waals surface area (Å²) in [6.07, 6.45) is 5.32. The van der Waals surface area contributed by atoms with E-state index in [0.717, 1.165) is 30.4 Å². The van der Waals surface area contributed by atoms with E-state index in [9.17, 15) is 4.79 Å². The van der Waals surface area contributed by atoms with Crippen LogP contribution in [0.2, 0.25) is 0 Å². The molecule has 3 nitrogen and oxygen atoms in total. The minimum atomic E-state index is -0.221. The molecule has 1 aromatic carbocycles. The van der Waals surface area contributed by atoms with Gasteiger partial charge in [-0.2, -0.15) is 0 Å². The number of carbonyl (C=O) groups excluding carboxylic acids is 1. The van der Waals surface area contributed by atoms with Gasteiger partial charge in [0.1, 0.15) is 0 Å².